The summed E-state index contributed by atoms with van der Waals surface area (Å²) < 4.78 is 8.50. The zero-order valence-electron chi connectivity index (χ0n) is 26.2. The third kappa shape index (κ3) is 6.08. The van der Waals surface area contributed by atoms with Gasteiger partial charge in [-0.15, -0.1) is 0 Å². The molecule has 2 aliphatic heterocycles. The maximum atomic E-state index is 12.5. The monoisotopic (exact) mass is 594 g/mol. The number of likely N-dealkylation sites (tertiary alicyclic amines) is 1. The van der Waals surface area contributed by atoms with Crippen molar-refractivity contribution in [3.05, 3.63) is 89.8 Å². The van der Waals surface area contributed by atoms with E-state index in [4.69, 9.17) is 16.3 Å². The maximum absolute atomic E-state index is 12.5. The number of anilines is 1. The van der Waals surface area contributed by atoms with Crippen molar-refractivity contribution in [3.8, 4) is 0 Å². The normalized spacial score (nSPS) is 22.6. The molecule has 8 heteroatoms. The summed E-state index contributed by atoms with van der Waals surface area (Å²) in [6.07, 6.45) is 9.84. The predicted molar refractivity (Wildman–Crippen MR) is 174 cm³/mol. The molecule has 1 amide bonds. The number of nitrogens with one attached hydrogen (secondary N) is 1. The van der Waals surface area contributed by atoms with Crippen LogP contribution < -0.4 is 10.2 Å². The number of carbonyl (C=O) groups excluding carboxylic acids is 1. The van der Waals surface area contributed by atoms with Gasteiger partial charge in [-0.1, -0.05) is 49.4 Å². The standard InChI is InChI=1S/C36H46N6O2/c1-4-34-39-19-22-41(34)26-36(28-9-6-5-7-10-28,32-11-8-12-33(32)44-35(43)38-3)29-17-20-40(21-18-29)23-27-24-42(25-27)31-15-13-30(37-2)14-16-31/h5-7,9-10,13-16,19,22,27,29,32-33H,4,8,11-12,17-18,20-21,23-26H2,1,3H3,(H,38,43)/t32-,33-,36?/m0/s1. The second kappa shape index (κ2) is 13.4. The molecule has 3 fully saturated rings. The van der Waals surface area contributed by atoms with Crippen molar-refractivity contribution >= 4 is 17.5 Å². The molecule has 3 aliphatic rings. The Morgan fingerprint density at radius 3 is 2.50 bits per heavy atom. The number of imidazole rings is 1. The van der Waals surface area contributed by atoms with Crippen molar-refractivity contribution in [1.29, 1.82) is 0 Å². The number of amides is 1. The van der Waals surface area contributed by atoms with E-state index in [9.17, 15) is 4.79 Å². The summed E-state index contributed by atoms with van der Waals surface area (Å²) in [5.41, 5.74) is 3.11. The molecule has 1 aliphatic carbocycles. The number of benzene rings is 2. The Morgan fingerprint density at radius 1 is 1.07 bits per heavy atom. The van der Waals surface area contributed by atoms with Gasteiger partial charge < -0.3 is 24.4 Å². The van der Waals surface area contributed by atoms with Gasteiger partial charge in [0.1, 0.15) is 11.9 Å². The SMILES string of the molecule is [C-]#[N+]c1ccc(N2CC(CN3CCC(C(Cn4ccnc4CC)(c4ccccc4)[C@H]4CCC[C@@H]4OC(=O)NC)CC3)C2)cc1. The van der Waals surface area contributed by atoms with E-state index in [1.54, 1.807) is 7.05 Å². The Bertz CT molecular complexity index is 1420. The Morgan fingerprint density at radius 2 is 1.82 bits per heavy atom. The molecule has 3 atom stereocenters. The van der Waals surface area contributed by atoms with Crippen LogP contribution in [0.25, 0.3) is 4.85 Å². The number of nitrogens with zero attached hydrogens (tertiary/aromatic N) is 5. The van der Waals surface area contributed by atoms with Crippen molar-refractivity contribution in [2.75, 3.05) is 44.7 Å². The summed E-state index contributed by atoms with van der Waals surface area (Å²) >= 11 is 0. The van der Waals surface area contributed by atoms with E-state index in [1.807, 2.05) is 18.3 Å². The minimum atomic E-state index is -0.326. The van der Waals surface area contributed by atoms with Gasteiger partial charge in [0.2, 0.25) is 0 Å². The lowest BCUT2D eigenvalue weighted by molar-refractivity contribution is 0.00173. The van der Waals surface area contributed by atoms with Crippen LogP contribution in [0, 0.1) is 24.3 Å². The average molecular weight is 595 g/mol. The second-order valence-electron chi connectivity index (χ2n) is 12.9. The molecule has 1 saturated carbocycles. The highest BCUT2D eigenvalue weighted by atomic mass is 16.6. The number of piperidine rings is 1. The maximum Gasteiger partial charge on any atom is 0.407 e. The van der Waals surface area contributed by atoms with Crippen LogP contribution in [0.5, 0.6) is 0 Å². The lowest BCUT2D eigenvalue weighted by Crippen LogP contribution is -2.55. The summed E-state index contributed by atoms with van der Waals surface area (Å²) in [6, 6.07) is 19.1. The number of aryl methyl sites for hydroxylation is 1. The Labute approximate surface area is 262 Å². The van der Waals surface area contributed by atoms with Gasteiger partial charge in [0.25, 0.3) is 0 Å². The highest BCUT2D eigenvalue weighted by Gasteiger charge is 2.53. The quantitative estimate of drug-likeness (QED) is 0.279. The van der Waals surface area contributed by atoms with E-state index in [2.05, 4.69) is 80.1 Å². The molecule has 1 aromatic heterocycles. The minimum absolute atomic E-state index is 0.105. The van der Waals surface area contributed by atoms with Crippen LogP contribution in [0.3, 0.4) is 0 Å². The van der Waals surface area contributed by atoms with Crippen LogP contribution in [0.4, 0.5) is 16.2 Å². The van der Waals surface area contributed by atoms with Crippen molar-refractivity contribution in [1.82, 2.24) is 19.8 Å². The second-order valence-corrected chi connectivity index (χ2v) is 12.9. The minimum Gasteiger partial charge on any atom is -0.446 e. The van der Waals surface area contributed by atoms with Gasteiger partial charge in [0.15, 0.2) is 5.69 Å². The van der Waals surface area contributed by atoms with Gasteiger partial charge in [-0.3, -0.25) is 0 Å². The molecule has 1 unspecified atom stereocenters. The first kappa shape index (κ1) is 30.2. The molecule has 0 spiro atoms. The van der Waals surface area contributed by atoms with Crippen LogP contribution in [0.2, 0.25) is 0 Å². The number of carbonyl (C=O) groups is 1. The Hall–Kier alpha value is -3.83. The van der Waals surface area contributed by atoms with E-state index in [0.717, 1.165) is 83.6 Å². The number of hydrogen-bond acceptors (Lipinski definition) is 5. The molecule has 3 heterocycles. The molecule has 0 radical (unpaired) electrons. The average Bonchev–Trinajstić information content (AvgIpc) is 3.71. The predicted octanol–water partition coefficient (Wildman–Crippen LogP) is 6.31. The Balaban J connectivity index is 1.21. The number of rotatable bonds is 10. The van der Waals surface area contributed by atoms with Crippen LogP contribution in [0.1, 0.15) is 50.4 Å². The highest BCUT2D eigenvalue weighted by molar-refractivity contribution is 5.67. The molecule has 0 bridgehead atoms. The zero-order valence-corrected chi connectivity index (χ0v) is 26.2. The topological polar surface area (TPSA) is 67.0 Å². The van der Waals surface area contributed by atoms with Gasteiger partial charge in [-0.2, -0.15) is 0 Å². The summed E-state index contributed by atoms with van der Waals surface area (Å²) in [5, 5.41) is 2.70. The van der Waals surface area contributed by atoms with Gasteiger partial charge in [0, 0.05) is 75.0 Å². The molecule has 2 saturated heterocycles. The first-order chi connectivity index (χ1) is 21.5. The summed E-state index contributed by atoms with van der Waals surface area (Å²) in [5.74, 6) is 2.48. The van der Waals surface area contributed by atoms with Crippen molar-refractivity contribution in [3.63, 3.8) is 0 Å². The number of ether oxygens (including phenoxy) is 1. The van der Waals surface area contributed by atoms with Gasteiger partial charge >= 0.3 is 6.09 Å². The van der Waals surface area contributed by atoms with E-state index < -0.39 is 0 Å². The fourth-order valence-electron chi connectivity index (χ4n) is 8.40. The van der Waals surface area contributed by atoms with E-state index >= 15 is 0 Å². The first-order valence-corrected chi connectivity index (χ1v) is 16.4. The smallest absolute Gasteiger partial charge is 0.407 e. The molecule has 3 aromatic rings. The van der Waals surface area contributed by atoms with Crippen LogP contribution in [-0.4, -0.2) is 66.4 Å². The van der Waals surface area contributed by atoms with Crippen molar-refractivity contribution in [2.45, 2.75) is 63.5 Å². The van der Waals surface area contributed by atoms with Gasteiger partial charge in [0.05, 0.1) is 6.57 Å². The summed E-state index contributed by atoms with van der Waals surface area (Å²) in [4.78, 5) is 25.9. The van der Waals surface area contributed by atoms with Crippen LogP contribution in [-0.2, 0) is 23.1 Å². The van der Waals surface area contributed by atoms with Crippen LogP contribution in [0.15, 0.2) is 67.0 Å². The largest absolute Gasteiger partial charge is 0.446 e. The third-order valence-corrected chi connectivity index (χ3v) is 10.6. The number of hydrogen-bond donors (Lipinski definition) is 1. The highest BCUT2D eigenvalue weighted by Crippen LogP contribution is 2.52. The summed E-state index contributed by atoms with van der Waals surface area (Å²) in [7, 11) is 1.65. The lowest BCUT2D eigenvalue weighted by atomic mass is 9.58. The van der Waals surface area contributed by atoms with E-state index in [1.165, 1.54) is 11.3 Å². The third-order valence-electron chi connectivity index (χ3n) is 10.6. The molecule has 8 nitrogen and oxygen atoms in total. The molecule has 1 N–H and O–H groups in total. The number of alkyl carbamates (subject to hydrolysis) is 1. The molecule has 232 valence electrons. The fourth-order valence-corrected chi connectivity index (χ4v) is 8.40. The van der Waals surface area contributed by atoms with Crippen molar-refractivity contribution in [2.24, 2.45) is 17.8 Å². The molecule has 44 heavy (non-hydrogen) atoms. The summed E-state index contributed by atoms with van der Waals surface area (Å²) in [6.45, 7) is 15.7. The molecular weight excluding hydrogens is 548 g/mol. The number of aromatic nitrogens is 2. The fraction of sp³-hybridized carbons (Fsp3) is 0.528. The van der Waals surface area contributed by atoms with E-state index in [-0.39, 0.29) is 23.5 Å². The molecule has 2 aromatic carbocycles. The first-order valence-electron chi connectivity index (χ1n) is 16.4. The van der Waals surface area contributed by atoms with Gasteiger partial charge in [-0.05, 0) is 68.8 Å². The lowest BCUT2D eigenvalue weighted by Gasteiger charge is -2.51. The van der Waals surface area contributed by atoms with Gasteiger partial charge in [-0.25, -0.2) is 14.6 Å². The Kier molecular flexibility index (Phi) is 9.22. The molecule has 6 rings (SSSR count). The van der Waals surface area contributed by atoms with Crippen molar-refractivity contribution < 1.29 is 9.53 Å². The zero-order chi connectivity index (χ0) is 30.5. The van der Waals surface area contributed by atoms with E-state index in [0.29, 0.717) is 17.5 Å². The van der Waals surface area contributed by atoms with Crippen LogP contribution >= 0.6 is 0 Å². The molecular formula is C36H46N6O2.